The number of rotatable bonds is 7. The molecule has 1 unspecified atom stereocenters. The predicted octanol–water partition coefficient (Wildman–Crippen LogP) is 2.87. The van der Waals surface area contributed by atoms with Crippen LogP contribution < -0.4 is 5.32 Å². The third-order valence-electron chi connectivity index (χ3n) is 2.23. The van der Waals surface area contributed by atoms with Gasteiger partial charge in [-0.25, -0.2) is 9.78 Å². The van der Waals surface area contributed by atoms with Crippen molar-refractivity contribution in [1.29, 1.82) is 0 Å². The van der Waals surface area contributed by atoms with Gasteiger partial charge < -0.3 is 10.1 Å². The highest BCUT2D eigenvalue weighted by Gasteiger charge is 2.18. The number of ether oxygens (including phenoxy) is 1. The molecule has 0 aliphatic heterocycles. The number of carbonyl (C=O) groups is 1. The van der Waals surface area contributed by atoms with Crippen molar-refractivity contribution in [3.05, 3.63) is 11.2 Å². The molecule has 1 rings (SSSR count). The topological polar surface area (TPSA) is 51.2 Å². The molecule has 0 fully saturated rings. The third kappa shape index (κ3) is 4.20. The van der Waals surface area contributed by atoms with Crippen molar-refractivity contribution in [1.82, 2.24) is 4.98 Å². The van der Waals surface area contributed by atoms with Crippen LogP contribution in [-0.2, 0) is 4.74 Å². The lowest BCUT2D eigenvalue weighted by Gasteiger charge is -2.16. The van der Waals surface area contributed by atoms with Gasteiger partial charge in [-0.3, -0.25) is 0 Å². The fourth-order valence-electron chi connectivity index (χ4n) is 1.34. The molecule has 4 nitrogen and oxygen atoms in total. The van der Waals surface area contributed by atoms with Gasteiger partial charge in [0, 0.05) is 11.8 Å². The minimum absolute atomic E-state index is 0.352. The summed E-state index contributed by atoms with van der Waals surface area (Å²) in [4.78, 5) is 15.7. The summed E-state index contributed by atoms with van der Waals surface area (Å²) in [5.41, 5.74) is 2.07. The molecule has 0 aromatic carbocycles. The van der Waals surface area contributed by atoms with E-state index in [9.17, 15) is 4.79 Å². The van der Waals surface area contributed by atoms with E-state index in [0.717, 1.165) is 17.2 Å². The van der Waals surface area contributed by atoms with Crippen LogP contribution in [0.2, 0.25) is 0 Å². The first kappa shape index (κ1) is 14.3. The van der Waals surface area contributed by atoms with E-state index >= 15 is 0 Å². The van der Waals surface area contributed by atoms with Crippen LogP contribution in [0.25, 0.3) is 0 Å². The zero-order valence-electron chi connectivity index (χ0n) is 10.4. The number of nitrogens with one attached hydrogen (secondary N) is 1. The number of hydrogen-bond acceptors (Lipinski definition) is 6. The van der Waals surface area contributed by atoms with Crippen LogP contribution in [0, 0.1) is 0 Å². The number of aromatic nitrogens is 1. The number of nitrogens with zero attached hydrogens (tertiary/aromatic N) is 1. The maximum Gasteiger partial charge on any atom is 0.360 e. The number of thioether (sulfide) groups is 1. The molecule has 0 aliphatic rings. The molecule has 0 radical (unpaired) electrons. The van der Waals surface area contributed by atoms with Gasteiger partial charge in [-0.05, 0) is 19.6 Å². The van der Waals surface area contributed by atoms with Crippen LogP contribution in [0.15, 0.2) is 5.51 Å². The van der Waals surface area contributed by atoms with Crippen molar-refractivity contribution in [2.45, 2.75) is 26.3 Å². The monoisotopic (exact) mass is 274 g/mol. The number of hydrogen-bond donors (Lipinski definition) is 1. The molecule has 0 bridgehead atoms. The normalized spacial score (nSPS) is 12.2. The van der Waals surface area contributed by atoms with Crippen molar-refractivity contribution < 1.29 is 9.53 Å². The Balaban J connectivity index is 2.70. The Morgan fingerprint density at radius 1 is 1.65 bits per heavy atom. The molecule has 96 valence electrons. The van der Waals surface area contributed by atoms with E-state index in [1.807, 2.05) is 0 Å². The SMILES string of the molecule is CCOC(=O)c1ncsc1NC(CC)CSC. The zero-order valence-corrected chi connectivity index (χ0v) is 12.0. The molecule has 1 atom stereocenters. The van der Waals surface area contributed by atoms with Crippen LogP contribution in [0.5, 0.6) is 0 Å². The van der Waals surface area contributed by atoms with Crippen molar-refractivity contribution in [2.24, 2.45) is 0 Å². The van der Waals surface area contributed by atoms with Gasteiger partial charge in [-0.1, -0.05) is 6.92 Å². The number of esters is 1. The molecule has 0 aliphatic carbocycles. The van der Waals surface area contributed by atoms with E-state index in [4.69, 9.17) is 4.74 Å². The van der Waals surface area contributed by atoms with E-state index in [-0.39, 0.29) is 5.97 Å². The molecule has 17 heavy (non-hydrogen) atoms. The molecule has 1 N–H and O–H groups in total. The standard InChI is InChI=1S/C11H18N2O2S2/c1-4-8(6-16-3)13-10-9(12-7-17-10)11(14)15-5-2/h7-8,13H,4-6H2,1-3H3. The van der Waals surface area contributed by atoms with Gasteiger partial charge in [0.05, 0.1) is 12.1 Å². The summed E-state index contributed by atoms with van der Waals surface area (Å²) in [6.45, 7) is 4.29. The minimum Gasteiger partial charge on any atom is -0.461 e. The van der Waals surface area contributed by atoms with E-state index in [1.54, 1.807) is 24.2 Å². The van der Waals surface area contributed by atoms with Crippen LogP contribution >= 0.6 is 23.1 Å². The average molecular weight is 274 g/mol. The molecule has 0 amide bonds. The summed E-state index contributed by atoms with van der Waals surface area (Å²) in [6.07, 6.45) is 3.09. The summed E-state index contributed by atoms with van der Waals surface area (Å²) in [6, 6.07) is 0.360. The fourth-order valence-corrected chi connectivity index (χ4v) is 2.81. The van der Waals surface area contributed by atoms with Gasteiger partial charge in [-0.15, -0.1) is 11.3 Å². The van der Waals surface area contributed by atoms with E-state index in [2.05, 4.69) is 23.5 Å². The van der Waals surface area contributed by atoms with Crippen molar-refractivity contribution >= 4 is 34.1 Å². The largest absolute Gasteiger partial charge is 0.461 e. The molecule has 0 saturated carbocycles. The molecule has 0 saturated heterocycles. The Bertz CT molecular complexity index is 355. The van der Waals surface area contributed by atoms with Crippen LogP contribution in [-0.4, -0.2) is 35.6 Å². The van der Waals surface area contributed by atoms with Gasteiger partial charge in [0.15, 0.2) is 5.69 Å². The first-order chi connectivity index (χ1) is 8.22. The third-order valence-corrected chi connectivity index (χ3v) is 3.73. The van der Waals surface area contributed by atoms with Gasteiger partial charge >= 0.3 is 5.97 Å². The molecular formula is C11H18N2O2S2. The van der Waals surface area contributed by atoms with Crippen molar-refractivity contribution in [2.75, 3.05) is 23.9 Å². The highest BCUT2D eigenvalue weighted by Crippen LogP contribution is 2.23. The quantitative estimate of drug-likeness (QED) is 0.775. The fraction of sp³-hybridized carbons (Fsp3) is 0.636. The average Bonchev–Trinajstić information content (AvgIpc) is 2.77. The second kappa shape index (κ2) is 7.55. The Morgan fingerprint density at radius 3 is 3.00 bits per heavy atom. The van der Waals surface area contributed by atoms with Crippen LogP contribution in [0.4, 0.5) is 5.00 Å². The maximum absolute atomic E-state index is 11.6. The number of anilines is 1. The molecule has 1 aromatic rings. The maximum atomic E-state index is 11.6. The van der Waals surface area contributed by atoms with Gasteiger partial charge in [0.25, 0.3) is 0 Å². The van der Waals surface area contributed by atoms with Gasteiger partial charge in [0.1, 0.15) is 5.00 Å². The molecule has 6 heteroatoms. The predicted molar refractivity (Wildman–Crippen MR) is 74.2 cm³/mol. The summed E-state index contributed by atoms with van der Waals surface area (Å²) in [7, 11) is 0. The lowest BCUT2D eigenvalue weighted by molar-refractivity contribution is 0.0521. The van der Waals surface area contributed by atoms with Gasteiger partial charge in [0.2, 0.25) is 0 Å². The van der Waals surface area contributed by atoms with E-state index in [0.29, 0.717) is 18.3 Å². The Kier molecular flexibility index (Phi) is 6.36. The van der Waals surface area contributed by atoms with E-state index < -0.39 is 0 Å². The number of carbonyl (C=O) groups excluding carboxylic acids is 1. The molecule has 1 heterocycles. The summed E-state index contributed by atoms with van der Waals surface area (Å²) >= 11 is 3.23. The zero-order chi connectivity index (χ0) is 12.7. The van der Waals surface area contributed by atoms with E-state index in [1.165, 1.54) is 11.3 Å². The summed E-state index contributed by atoms with van der Waals surface area (Å²) in [5, 5.41) is 4.16. The van der Waals surface area contributed by atoms with Gasteiger partial charge in [-0.2, -0.15) is 11.8 Å². The first-order valence-corrected chi connectivity index (χ1v) is 7.86. The highest BCUT2D eigenvalue weighted by atomic mass is 32.2. The summed E-state index contributed by atoms with van der Waals surface area (Å²) < 4.78 is 4.96. The number of thiazole rings is 1. The minimum atomic E-state index is -0.352. The Labute approximate surface area is 110 Å². The van der Waals surface area contributed by atoms with Crippen molar-refractivity contribution in [3.63, 3.8) is 0 Å². The van der Waals surface area contributed by atoms with Crippen LogP contribution in [0.3, 0.4) is 0 Å². The lowest BCUT2D eigenvalue weighted by Crippen LogP contribution is -2.22. The Hall–Kier alpha value is -0.750. The molecule has 0 spiro atoms. The lowest BCUT2D eigenvalue weighted by atomic mass is 10.2. The smallest absolute Gasteiger partial charge is 0.360 e. The second-order valence-electron chi connectivity index (χ2n) is 3.46. The molecular weight excluding hydrogens is 256 g/mol. The van der Waals surface area contributed by atoms with Crippen molar-refractivity contribution in [3.8, 4) is 0 Å². The first-order valence-electron chi connectivity index (χ1n) is 5.58. The Morgan fingerprint density at radius 2 is 2.41 bits per heavy atom. The second-order valence-corrected chi connectivity index (χ2v) is 5.22. The molecule has 1 aromatic heterocycles. The highest BCUT2D eigenvalue weighted by molar-refractivity contribution is 7.98. The summed E-state index contributed by atoms with van der Waals surface area (Å²) in [5.74, 6) is 0.659. The van der Waals surface area contributed by atoms with Crippen LogP contribution in [0.1, 0.15) is 30.8 Å².